The third-order valence-corrected chi connectivity index (χ3v) is 4.81. The van der Waals surface area contributed by atoms with E-state index in [0.29, 0.717) is 6.04 Å². The third kappa shape index (κ3) is 2.09. The monoisotopic (exact) mass is 247 g/mol. The number of imidazole rings is 1. The quantitative estimate of drug-likeness (QED) is 0.837. The lowest BCUT2D eigenvalue weighted by Gasteiger charge is -2.18. The van der Waals surface area contributed by atoms with E-state index in [2.05, 4.69) is 34.9 Å². The summed E-state index contributed by atoms with van der Waals surface area (Å²) in [5.74, 6) is 2.85. The highest BCUT2D eigenvalue weighted by Crippen LogP contribution is 2.62. The van der Waals surface area contributed by atoms with Crippen LogP contribution in [-0.2, 0) is 6.54 Å². The van der Waals surface area contributed by atoms with E-state index in [-0.39, 0.29) is 0 Å². The number of aromatic nitrogens is 2. The largest absolute Gasteiger partial charge is 0.337 e. The molecule has 1 aromatic heterocycles. The zero-order valence-electron chi connectivity index (χ0n) is 11.6. The van der Waals surface area contributed by atoms with Crippen LogP contribution in [0.5, 0.6) is 0 Å². The second-order valence-corrected chi connectivity index (χ2v) is 5.90. The van der Waals surface area contributed by atoms with Crippen LogP contribution in [0.3, 0.4) is 0 Å². The van der Waals surface area contributed by atoms with Crippen molar-refractivity contribution in [3.05, 3.63) is 18.2 Å². The van der Waals surface area contributed by atoms with Gasteiger partial charge >= 0.3 is 0 Å². The molecule has 2 aliphatic carbocycles. The summed E-state index contributed by atoms with van der Waals surface area (Å²) in [6.45, 7) is 6.54. The van der Waals surface area contributed by atoms with Crippen molar-refractivity contribution in [3.8, 4) is 0 Å². The minimum Gasteiger partial charge on any atom is -0.337 e. The molecule has 2 fully saturated rings. The average Bonchev–Trinajstić information content (AvgIpc) is 2.81. The minimum atomic E-state index is 0.507. The lowest BCUT2D eigenvalue weighted by Crippen LogP contribution is -2.25. The first kappa shape index (κ1) is 12.2. The molecule has 1 aromatic rings. The number of nitrogens with one attached hydrogen (secondary N) is 1. The molecule has 0 saturated heterocycles. The molecule has 2 aliphatic rings. The first-order chi connectivity index (χ1) is 8.85. The standard InChI is InChI=1S/C15H25N3/c1-3-8-16-15(13-9-18(4-2)10-17-13)14-11-6-5-7-12(11)14/h9-12,14-16H,3-8H2,1-2H3. The predicted molar refractivity (Wildman–Crippen MR) is 73.3 cm³/mol. The van der Waals surface area contributed by atoms with Gasteiger partial charge in [0.15, 0.2) is 0 Å². The van der Waals surface area contributed by atoms with Crippen molar-refractivity contribution >= 4 is 0 Å². The normalized spacial score (nSPS) is 31.3. The Hall–Kier alpha value is -0.830. The highest BCUT2D eigenvalue weighted by atomic mass is 15.1. The maximum atomic E-state index is 4.63. The lowest BCUT2D eigenvalue weighted by molar-refractivity contribution is 0.410. The van der Waals surface area contributed by atoms with Gasteiger partial charge in [-0.2, -0.15) is 0 Å². The fourth-order valence-electron chi connectivity index (χ4n) is 3.82. The molecule has 0 amide bonds. The third-order valence-electron chi connectivity index (χ3n) is 4.81. The van der Waals surface area contributed by atoms with Gasteiger partial charge in [0.1, 0.15) is 0 Å². The van der Waals surface area contributed by atoms with Crippen molar-refractivity contribution < 1.29 is 0 Å². The van der Waals surface area contributed by atoms with Crippen LogP contribution in [0.1, 0.15) is 51.3 Å². The van der Waals surface area contributed by atoms with E-state index in [9.17, 15) is 0 Å². The summed E-state index contributed by atoms with van der Waals surface area (Å²) < 4.78 is 2.19. The maximum absolute atomic E-state index is 4.63. The van der Waals surface area contributed by atoms with Gasteiger partial charge in [-0.25, -0.2) is 4.98 Å². The topological polar surface area (TPSA) is 29.9 Å². The molecule has 18 heavy (non-hydrogen) atoms. The highest BCUT2D eigenvalue weighted by molar-refractivity contribution is 5.15. The Labute approximate surface area is 110 Å². The van der Waals surface area contributed by atoms with E-state index in [4.69, 9.17) is 0 Å². The highest BCUT2D eigenvalue weighted by Gasteiger charge is 2.56. The lowest BCUT2D eigenvalue weighted by atomic mass is 10.0. The van der Waals surface area contributed by atoms with E-state index in [1.54, 1.807) is 0 Å². The molecule has 1 N–H and O–H groups in total. The van der Waals surface area contributed by atoms with Gasteiger partial charge in [0, 0.05) is 12.7 Å². The molecule has 3 rings (SSSR count). The maximum Gasteiger partial charge on any atom is 0.0950 e. The number of rotatable bonds is 6. The fourth-order valence-corrected chi connectivity index (χ4v) is 3.82. The molecule has 100 valence electrons. The van der Waals surface area contributed by atoms with Gasteiger partial charge in [0.05, 0.1) is 18.1 Å². The predicted octanol–water partition coefficient (Wildman–Crippen LogP) is 2.99. The van der Waals surface area contributed by atoms with Crippen LogP contribution in [0, 0.1) is 17.8 Å². The van der Waals surface area contributed by atoms with Crippen LogP contribution in [-0.4, -0.2) is 16.1 Å². The molecule has 0 bridgehead atoms. The zero-order chi connectivity index (χ0) is 12.5. The molecule has 3 heteroatoms. The van der Waals surface area contributed by atoms with Gasteiger partial charge < -0.3 is 9.88 Å². The molecule has 3 unspecified atom stereocenters. The first-order valence-corrected chi connectivity index (χ1v) is 7.60. The molecule has 0 radical (unpaired) electrons. The number of hydrogen-bond acceptors (Lipinski definition) is 2. The second-order valence-electron chi connectivity index (χ2n) is 5.90. The minimum absolute atomic E-state index is 0.507. The van der Waals surface area contributed by atoms with Crippen molar-refractivity contribution in [2.45, 2.75) is 52.1 Å². The van der Waals surface area contributed by atoms with Crippen LogP contribution >= 0.6 is 0 Å². The summed E-state index contributed by atoms with van der Waals surface area (Å²) in [6, 6.07) is 0.507. The second kappa shape index (κ2) is 5.04. The molecule has 1 heterocycles. The van der Waals surface area contributed by atoms with Gasteiger partial charge in [-0.1, -0.05) is 13.3 Å². The van der Waals surface area contributed by atoms with Crippen LogP contribution in [0.2, 0.25) is 0 Å². The average molecular weight is 247 g/mol. The van der Waals surface area contributed by atoms with Crippen LogP contribution in [0.25, 0.3) is 0 Å². The molecule has 0 aromatic carbocycles. The smallest absolute Gasteiger partial charge is 0.0950 e. The van der Waals surface area contributed by atoms with E-state index in [1.165, 1.54) is 31.4 Å². The Morgan fingerprint density at radius 3 is 2.78 bits per heavy atom. The summed E-state index contributed by atoms with van der Waals surface area (Å²) >= 11 is 0. The Kier molecular flexibility index (Phi) is 3.42. The van der Waals surface area contributed by atoms with Crippen LogP contribution in [0.4, 0.5) is 0 Å². The van der Waals surface area contributed by atoms with Crippen molar-refractivity contribution in [3.63, 3.8) is 0 Å². The van der Waals surface area contributed by atoms with Gasteiger partial charge in [0.25, 0.3) is 0 Å². The van der Waals surface area contributed by atoms with Crippen molar-refractivity contribution in [1.29, 1.82) is 0 Å². The van der Waals surface area contributed by atoms with Gasteiger partial charge in [0.2, 0.25) is 0 Å². The van der Waals surface area contributed by atoms with E-state index in [1.807, 2.05) is 6.33 Å². The summed E-state index contributed by atoms with van der Waals surface area (Å²) in [5, 5.41) is 3.74. The molecule has 2 saturated carbocycles. The van der Waals surface area contributed by atoms with E-state index >= 15 is 0 Å². The fraction of sp³-hybridized carbons (Fsp3) is 0.800. The van der Waals surface area contributed by atoms with E-state index in [0.717, 1.165) is 30.8 Å². The van der Waals surface area contributed by atoms with Gasteiger partial charge in [-0.3, -0.25) is 0 Å². The summed E-state index contributed by atoms with van der Waals surface area (Å²) in [7, 11) is 0. The summed E-state index contributed by atoms with van der Waals surface area (Å²) in [6.07, 6.45) is 9.78. The zero-order valence-corrected chi connectivity index (χ0v) is 11.6. The van der Waals surface area contributed by atoms with Crippen molar-refractivity contribution in [1.82, 2.24) is 14.9 Å². The Morgan fingerprint density at radius 1 is 1.39 bits per heavy atom. The molecular formula is C15H25N3. The Balaban J connectivity index is 1.73. The Bertz CT molecular complexity index is 388. The van der Waals surface area contributed by atoms with Crippen molar-refractivity contribution in [2.24, 2.45) is 17.8 Å². The van der Waals surface area contributed by atoms with Gasteiger partial charge in [-0.15, -0.1) is 0 Å². The molecule has 0 spiro atoms. The molecular weight excluding hydrogens is 222 g/mol. The summed E-state index contributed by atoms with van der Waals surface area (Å²) in [4.78, 5) is 4.63. The Morgan fingerprint density at radius 2 is 2.17 bits per heavy atom. The molecule has 0 aliphatic heterocycles. The van der Waals surface area contributed by atoms with E-state index < -0.39 is 0 Å². The number of nitrogens with zero attached hydrogens (tertiary/aromatic N) is 2. The van der Waals surface area contributed by atoms with Gasteiger partial charge in [-0.05, 0) is 50.5 Å². The summed E-state index contributed by atoms with van der Waals surface area (Å²) in [5.41, 5.74) is 1.27. The number of fused-ring (bicyclic) bond motifs is 1. The van der Waals surface area contributed by atoms with Crippen LogP contribution in [0.15, 0.2) is 12.5 Å². The number of aryl methyl sites for hydroxylation is 1. The molecule has 3 atom stereocenters. The SMILES string of the molecule is CCCNC(c1cn(CC)cn1)C1C2CCCC21. The molecule has 3 nitrogen and oxygen atoms in total. The first-order valence-electron chi connectivity index (χ1n) is 7.60. The van der Waals surface area contributed by atoms with Crippen molar-refractivity contribution in [2.75, 3.05) is 6.54 Å². The van der Waals surface area contributed by atoms with Crippen LogP contribution < -0.4 is 5.32 Å². The number of hydrogen-bond donors (Lipinski definition) is 1.